The molecule has 0 bridgehead atoms. The Morgan fingerprint density at radius 1 is 1.00 bits per heavy atom. The minimum atomic E-state index is -0.253. The highest BCUT2D eigenvalue weighted by atomic mass is 32.1. The molecule has 130 valence electrons. The van der Waals surface area contributed by atoms with Crippen LogP contribution in [0.5, 0.6) is 0 Å². The zero-order chi connectivity index (χ0) is 17.5. The molecule has 5 rings (SSSR count). The quantitative estimate of drug-likeness (QED) is 0.505. The summed E-state index contributed by atoms with van der Waals surface area (Å²) in [7, 11) is 0. The van der Waals surface area contributed by atoms with Crippen LogP contribution < -0.4 is 10.5 Å². The third-order valence-corrected chi connectivity index (χ3v) is 5.59. The Kier molecular flexibility index (Phi) is 3.72. The molecule has 1 fully saturated rings. The fourth-order valence-corrected chi connectivity index (χ4v) is 4.16. The molecular formula is C20H16N2O3S. The van der Waals surface area contributed by atoms with Crippen molar-refractivity contribution in [2.45, 2.75) is 0 Å². The lowest BCUT2D eigenvalue weighted by molar-refractivity contribution is 0.120. The molecule has 0 atom stereocenters. The van der Waals surface area contributed by atoms with Crippen molar-refractivity contribution in [1.82, 2.24) is 4.98 Å². The van der Waals surface area contributed by atoms with Crippen molar-refractivity contribution in [2.24, 2.45) is 0 Å². The van der Waals surface area contributed by atoms with Gasteiger partial charge in [0.25, 0.3) is 5.56 Å². The third kappa shape index (κ3) is 2.50. The van der Waals surface area contributed by atoms with E-state index in [9.17, 15) is 4.79 Å². The molecule has 5 nitrogen and oxygen atoms in total. The number of thiophene rings is 1. The van der Waals surface area contributed by atoms with Gasteiger partial charge in [0.05, 0.1) is 18.6 Å². The van der Waals surface area contributed by atoms with Crippen LogP contribution in [-0.4, -0.2) is 31.3 Å². The van der Waals surface area contributed by atoms with E-state index >= 15 is 0 Å². The maximum Gasteiger partial charge on any atom is 0.301 e. The molecule has 0 amide bonds. The van der Waals surface area contributed by atoms with Gasteiger partial charge in [-0.05, 0) is 22.9 Å². The summed E-state index contributed by atoms with van der Waals surface area (Å²) in [5.41, 5.74) is 1.38. The first kappa shape index (κ1) is 15.5. The predicted molar refractivity (Wildman–Crippen MR) is 104 cm³/mol. The van der Waals surface area contributed by atoms with Crippen molar-refractivity contribution < 1.29 is 9.15 Å². The van der Waals surface area contributed by atoms with Crippen molar-refractivity contribution in [2.75, 3.05) is 31.2 Å². The van der Waals surface area contributed by atoms with E-state index in [0.717, 1.165) is 21.2 Å². The van der Waals surface area contributed by atoms with E-state index in [4.69, 9.17) is 9.15 Å². The summed E-state index contributed by atoms with van der Waals surface area (Å²) in [5, 5.41) is 4.56. The zero-order valence-electron chi connectivity index (χ0n) is 14.0. The molecule has 2 aromatic heterocycles. The lowest BCUT2D eigenvalue weighted by Gasteiger charge is -2.26. The van der Waals surface area contributed by atoms with Gasteiger partial charge < -0.3 is 14.1 Å². The highest BCUT2D eigenvalue weighted by molar-refractivity contribution is 7.13. The van der Waals surface area contributed by atoms with Crippen LogP contribution in [-0.2, 0) is 4.74 Å². The lowest BCUT2D eigenvalue weighted by Crippen LogP contribution is -2.37. The summed E-state index contributed by atoms with van der Waals surface area (Å²) in [6.07, 6.45) is 0. The SMILES string of the molecule is O=c1nc(N2CCOCC2)oc2c1cc(-c1cccs1)c1ccccc12. The summed E-state index contributed by atoms with van der Waals surface area (Å²) in [5.74, 6) is 0. The number of morpholine rings is 1. The van der Waals surface area contributed by atoms with Gasteiger partial charge in [-0.15, -0.1) is 11.3 Å². The third-order valence-electron chi connectivity index (χ3n) is 4.68. The van der Waals surface area contributed by atoms with Crippen molar-refractivity contribution in [1.29, 1.82) is 0 Å². The minimum absolute atomic E-state index is 0.253. The van der Waals surface area contributed by atoms with Gasteiger partial charge in [0.15, 0.2) is 5.58 Å². The molecule has 0 saturated carbocycles. The molecule has 6 heteroatoms. The number of ether oxygens (including phenoxy) is 1. The maximum atomic E-state index is 12.8. The van der Waals surface area contributed by atoms with Crippen LogP contribution in [0.4, 0.5) is 6.01 Å². The molecule has 4 aromatic rings. The second-order valence-corrected chi connectivity index (χ2v) is 7.17. The standard InChI is InChI=1S/C20H16N2O3S/c23-19-16-12-15(17-6-3-11-26-17)13-4-1-2-5-14(13)18(16)25-20(21-19)22-7-9-24-10-8-22/h1-6,11-12H,7-10H2. The van der Waals surface area contributed by atoms with Gasteiger partial charge >= 0.3 is 6.01 Å². The van der Waals surface area contributed by atoms with Gasteiger partial charge in [-0.2, -0.15) is 4.98 Å². The Balaban J connectivity index is 1.81. The fraction of sp³-hybridized carbons (Fsp3) is 0.200. The van der Waals surface area contributed by atoms with Crippen LogP contribution in [0.2, 0.25) is 0 Å². The Morgan fingerprint density at radius 3 is 2.58 bits per heavy atom. The Hall–Kier alpha value is -2.70. The number of anilines is 1. The van der Waals surface area contributed by atoms with Crippen LogP contribution in [0.3, 0.4) is 0 Å². The van der Waals surface area contributed by atoms with E-state index in [1.807, 2.05) is 40.6 Å². The minimum Gasteiger partial charge on any atom is -0.424 e. The summed E-state index contributed by atoms with van der Waals surface area (Å²) in [6.45, 7) is 2.57. The van der Waals surface area contributed by atoms with E-state index < -0.39 is 0 Å². The molecule has 2 aromatic carbocycles. The van der Waals surface area contributed by atoms with Crippen molar-refractivity contribution >= 4 is 39.1 Å². The van der Waals surface area contributed by atoms with Crippen LogP contribution >= 0.6 is 11.3 Å². The molecule has 1 aliphatic heterocycles. The van der Waals surface area contributed by atoms with Crippen LogP contribution in [0.1, 0.15) is 0 Å². The van der Waals surface area contributed by atoms with Crippen LogP contribution in [0.25, 0.3) is 32.2 Å². The number of nitrogens with zero attached hydrogens (tertiary/aromatic N) is 2. The first-order valence-electron chi connectivity index (χ1n) is 8.54. The average molecular weight is 364 g/mol. The van der Waals surface area contributed by atoms with Gasteiger partial charge in [-0.25, -0.2) is 0 Å². The normalized spacial score (nSPS) is 15.0. The first-order chi connectivity index (χ1) is 12.8. The van der Waals surface area contributed by atoms with E-state index in [2.05, 4.69) is 17.1 Å². The number of rotatable bonds is 2. The monoisotopic (exact) mass is 364 g/mol. The van der Waals surface area contributed by atoms with Gasteiger partial charge in [0, 0.05) is 28.9 Å². The molecule has 0 spiro atoms. The van der Waals surface area contributed by atoms with Crippen LogP contribution in [0.15, 0.2) is 57.1 Å². The second-order valence-electron chi connectivity index (χ2n) is 6.22. The second kappa shape index (κ2) is 6.23. The molecule has 1 saturated heterocycles. The summed E-state index contributed by atoms with van der Waals surface area (Å²) in [4.78, 5) is 20.1. The van der Waals surface area contributed by atoms with E-state index in [0.29, 0.717) is 43.3 Å². The highest BCUT2D eigenvalue weighted by Gasteiger charge is 2.19. The lowest BCUT2D eigenvalue weighted by atomic mass is 10.0. The molecule has 1 aliphatic rings. The summed E-state index contributed by atoms with van der Waals surface area (Å²) < 4.78 is 11.5. The Labute approximate surface area is 153 Å². The maximum absolute atomic E-state index is 12.8. The van der Waals surface area contributed by atoms with Gasteiger partial charge in [0.1, 0.15) is 0 Å². The van der Waals surface area contributed by atoms with Crippen molar-refractivity contribution in [3.8, 4) is 10.4 Å². The van der Waals surface area contributed by atoms with Gasteiger partial charge in [-0.3, -0.25) is 4.79 Å². The topological polar surface area (TPSA) is 55.6 Å². The van der Waals surface area contributed by atoms with Crippen molar-refractivity contribution in [3.05, 3.63) is 58.2 Å². The summed E-state index contributed by atoms with van der Waals surface area (Å²) >= 11 is 1.66. The fourth-order valence-electron chi connectivity index (χ4n) is 3.40. The molecular weight excluding hydrogens is 348 g/mol. The molecule has 0 N–H and O–H groups in total. The van der Waals surface area contributed by atoms with Gasteiger partial charge in [-0.1, -0.05) is 30.3 Å². The molecule has 0 radical (unpaired) electrons. The van der Waals surface area contributed by atoms with E-state index in [-0.39, 0.29) is 5.56 Å². The Morgan fingerprint density at radius 2 is 1.81 bits per heavy atom. The highest BCUT2D eigenvalue weighted by Crippen LogP contribution is 2.36. The van der Waals surface area contributed by atoms with E-state index in [1.54, 1.807) is 11.3 Å². The van der Waals surface area contributed by atoms with Crippen molar-refractivity contribution in [3.63, 3.8) is 0 Å². The molecule has 0 aliphatic carbocycles. The Bertz CT molecular complexity index is 1150. The number of aromatic nitrogens is 1. The van der Waals surface area contributed by atoms with Crippen LogP contribution in [0, 0.1) is 0 Å². The molecule has 3 heterocycles. The number of hydrogen-bond donors (Lipinski definition) is 0. The number of hydrogen-bond acceptors (Lipinski definition) is 6. The summed E-state index contributed by atoms with van der Waals surface area (Å²) in [6, 6.07) is 14.4. The zero-order valence-corrected chi connectivity index (χ0v) is 14.8. The number of fused-ring (bicyclic) bond motifs is 3. The van der Waals surface area contributed by atoms with Gasteiger partial charge in [0.2, 0.25) is 0 Å². The first-order valence-corrected chi connectivity index (χ1v) is 9.42. The average Bonchev–Trinajstić information content (AvgIpc) is 3.23. The predicted octanol–water partition coefficient (Wildman–Crippen LogP) is 3.91. The van der Waals surface area contributed by atoms with E-state index in [1.165, 1.54) is 0 Å². The molecule has 0 unspecified atom stereocenters. The molecule has 26 heavy (non-hydrogen) atoms. The number of benzene rings is 2. The largest absolute Gasteiger partial charge is 0.424 e. The smallest absolute Gasteiger partial charge is 0.301 e.